The number of aliphatic hydroxyl groups is 2. The lowest BCUT2D eigenvalue weighted by Gasteiger charge is -2.25. The van der Waals surface area contributed by atoms with E-state index in [-0.39, 0.29) is 25.3 Å². The molecule has 2 saturated heterocycles. The molecule has 2 aliphatic rings. The molecule has 2 aromatic carbocycles. The van der Waals surface area contributed by atoms with Gasteiger partial charge < -0.3 is 10.2 Å². The Hall–Kier alpha value is -1.57. The topological polar surface area (TPSA) is 64.0 Å². The van der Waals surface area contributed by atoms with E-state index in [9.17, 15) is 14.4 Å². The summed E-state index contributed by atoms with van der Waals surface area (Å²) in [5, 5.41) is 19.3. The number of aliphatic hydroxyl groups excluding tert-OH is 2. The molecule has 0 aliphatic carbocycles. The Kier molecular flexibility index (Phi) is 7.33. The predicted octanol–water partition coefficient (Wildman–Crippen LogP) is 2.77. The second-order valence-corrected chi connectivity index (χ2v) is 9.80. The highest BCUT2D eigenvalue weighted by molar-refractivity contribution is 7.85. The van der Waals surface area contributed by atoms with Crippen molar-refractivity contribution in [3.05, 3.63) is 59.7 Å². The number of benzene rings is 2. The van der Waals surface area contributed by atoms with Gasteiger partial charge in [0.1, 0.15) is 0 Å². The van der Waals surface area contributed by atoms with Crippen LogP contribution in [0.3, 0.4) is 0 Å². The van der Waals surface area contributed by atoms with Crippen LogP contribution in [0, 0.1) is 0 Å². The van der Waals surface area contributed by atoms with Crippen LogP contribution >= 0.6 is 0 Å². The minimum absolute atomic E-state index is 0.177. The van der Waals surface area contributed by atoms with Gasteiger partial charge in [0.15, 0.2) is 0 Å². The lowest BCUT2D eigenvalue weighted by Crippen LogP contribution is -2.32. The summed E-state index contributed by atoms with van der Waals surface area (Å²) < 4.78 is 13.7. The molecule has 0 unspecified atom stereocenters. The van der Waals surface area contributed by atoms with Crippen LogP contribution < -0.4 is 0 Å². The fraction of sp³-hybridized carbons (Fsp3) is 0.500. The Morgan fingerprint density at radius 3 is 1.63 bits per heavy atom. The average Bonchev–Trinajstić information content (AvgIpc) is 3.43. The van der Waals surface area contributed by atoms with Gasteiger partial charge in [0.05, 0.1) is 24.0 Å². The van der Waals surface area contributed by atoms with Crippen molar-refractivity contribution in [1.29, 1.82) is 0 Å². The first-order valence-corrected chi connectivity index (χ1v) is 12.1. The van der Waals surface area contributed by atoms with Crippen molar-refractivity contribution in [2.24, 2.45) is 0 Å². The Bertz CT molecular complexity index is 806. The summed E-state index contributed by atoms with van der Waals surface area (Å²) in [5.74, 6) is 0. The van der Waals surface area contributed by atoms with Gasteiger partial charge in [-0.15, -0.1) is 0 Å². The maximum atomic E-state index is 13.7. The van der Waals surface area contributed by atoms with Gasteiger partial charge in [0, 0.05) is 35.0 Å². The molecule has 30 heavy (non-hydrogen) atoms. The van der Waals surface area contributed by atoms with Gasteiger partial charge in [0.2, 0.25) is 0 Å². The van der Waals surface area contributed by atoms with E-state index in [1.54, 1.807) is 0 Å². The quantitative estimate of drug-likeness (QED) is 0.677. The molecule has 0 radical (unpaired) electrons. The molecule has 162 valence electrons. The van der Waals surface area contributed by atoms with Gasteiger partial charge in [-0.2, -0.15) is 0 Å². The molecule has 2 aliphatic heterocycles. The molecule has 0 aromatic heterocycles. The summed E-state index contributed by atoms with van der Waals surface area (Å²) >= 11 is 0. The molecule has 0 spiro atoms. The first-order chi connectivity index (χ1) is 14.7. The number of rotatable bonds is 8. The molecule has 4 rings (SSSR count). The molecule has 0 bridgehead atoms. The van der Waals surface area contributed by atoms with Gasteiger partial charge >= 0.3 is 0 Å². The van der Waals surface area contributed by atoms with E-state index >= 15 is 0 Å². The van der Waals surface area contributed by atoms with Crippen LogP contribution in [0.4, 0.5) is 0 Å². The average molecular weight is 429 g/mol. The summed E-state index contributed by atoms with van der Waals surface area (Å²) in [4.78, 5) is 6.32. The first kappa shape index (κ1) is 21.7. The van der Waals surface area contributed by atoms with E-state index in [1.807, 2.05) is 36.4 Å². The van der Waals surface area contributed by atoms with Crippen molar-refractivity contribution in [3.8, 4) is 0 Å². The van der Waals surface area contributed by atoms with Gasteiger partial charge in [-0.05, 0) is 62.0 Å². The highest BCUT2D eigenvalue weighted by Gasteiger charge is 2.27. The smallest absolute Gasteiger partial charge is 0.0856 e. The number of hydrogen-bond acceptors (Lipinski definition) is 5. The van der Waals surface area contributed by atoms with Gasteiger partial charge in [0.25, 0.3) is 0 Å². The Morgan fingerprint density at radius 2 is 1.20 bits per heavy atom. The van der Waals surface area contributed by atoms with Crippen LogP contribution in [0.15, 0.2) is 58.3 Å². The predicted molar refractivity (Wildman–Crippen MR) is 119 cm³/mol. The SMILES string of the molecule is O=S(c1ccccc1CN1CCC[C@H]1CO)c1ccccc1CN1CCC[C@H]1CO. The van der Waals surface area contributed by atoms with Crippen molar-refractivity contribution in [2.75, 3.05) is 26.3 Å². The number of hydrogen-bond donors (Lipinski definition) is 2. The molecule has 0 amide bonds. The second kappa shape index (κ2) is 10.2. The molecule has 2 atom stereocenters. The minimum atomic E-state index is -1.27. The highest BCUT2D eigenvalue weighted by Crippen LogP contribution is 2.28. The second-order valence-electron chi connectivity index (χ2n) is 8.38. The summed E-state index contributed by atoms with van der Waals surface area (Å²) in [6.45, 7) is 3.73. The number of likely N-dealkylation sites (tertiary alicyclic amines) is 2. The fourth-order valence-corrected chi connectivity index (χ4v) is 6.19. The molecular weight excluding hydrogens is 396 g/mol. The van der Waals surface area contributed by atoms with Gasteiger partial charge in [-0.25, -0.2) is 4.21 Å². The maximum Gasteiger partial charge on any atom is 0.0856 e. The zero-order chi connectivity index (χ0) is 20.9. The van der Waals surface area contributed by atoms with Crippen molar-refractivity contribution in [1.82, 2.24) is 9.80 Å². The summed E-state index contributed by atoms with van der Waals surface area (Å²) in [6, 6.07) is 16.4. The fourth-order valence-electron chi connectivity index (χ4n) is 4.81. The highest BCUT2D eigenvalue weighted by atomic mass is 32.2. The van der Waals surface area contributed by atoms with Gasteiger partial charge in [-0.1, -0.05) is 36.4 Å². The van der Waals surface area contributed by atoms with Crippen LogP contribution in [0.25, 0.3) is 0 Å². The normalized spacial score (nSPS) is 22.9. The molecular formula is C24H32N2O3S. The molecule has 2 aromatic rings. The van der Waals surface area contributed by atoms with E-state index in [0.717, 1.165) is 59.7 Å². The molecule has 0 saturated carbocycles. The van der Waals surface area contributed by atoms with Crippen molar-refractivity contribution >= 4 is 10.8 Å². The molecule has 5 nitrogen and oxygen atoms in total. The third-order valence-corrected chi connectivity index (χ3v) is 8.11. The van der Waals surface area contributed by atoms with Crippen LogP contribution in [-0.2, 0) is 23.9 Å². The maximum absolute atomic E-state index is 13.7. The van der Waals surface area contributed by atoms with Crippen LogP contribution in [0.5, 0.6) is 0 Å². The Balaban J connectivity index is 1.58. The molecule has 6 heteroatoms. The largest absolute Gasteiger partial charge is 0.395 e. The third kappa shape index (κ3) is 4.68. The monoisotopic (exact) mass is 428 g/mol. The van der Waals surface area contributed by atoms with E-state index in [0.29, 0.717) is 13.1 Å². The lowest BCUT2D eigenvalue weighted by atomic mass is 10.2. The zero-order valence-corrected chi connectivity index (χ0v) is 18.3. The molecule has 2 N–H and O–H groups in total. The third-order valence-electron chi connectivity index (χ3n) is 6.51. The first-order valence-electron chi connectivity index (χ1n) is 11.0. The van der Waals surface area contributed by atoms with Crippen molar-refractivity contribution < 1.29 is 14.4 Å². The Morgan fingerprint density at radius 1 is 0.767 bits per heavy atom. The molecule has 2 fully saturated rings. The Labute approximate surface area is 181 Å². The molecule has 2 heterocycles. The minimum Gasteiger partial charge on any atom is -0.395 e. The summed E-state index contributed by atoms with van der Waals surface area (Å²) in [6.07, 6.45) is 4.24. The van der Waals surface area contributed by atoms with E-state index < -0.39 is 10.8 Å². The van der Waals surface area contributed by atoms with E-state index in [4.69, 9.17) is 0 Å². The standard InChI is InChI=1S/C24H32N2O3S/c27-17-21-9-5-13-25(21)15-19-7-1-3-11-23(19)30(29)24-12-4-2-8-20(24)16-26-14-6-10-22(26)18-28/h1-4,7-8,11-12,21-22,27-28H,5-6,9-10,13-18H2/t21-,22-/m0/s1. The van der Waals surface area contributed by atoms with Gasteiger partial charge in [-0.3, -0.25) is 9.80 Å². The van der Waals surface area contributed by atoms with Crippen LogP contribution in [0.2, 0.25) is 0 Å². The summed E-state index contributed by atoms with van der Waals surface area (Å²) in [5.41, 5.74) is 2.14. The van der Waals surface area contributed by atoms with E-state index in [2.05, 4.69) is 21.9 Å². The number of nitrogens with zero attached hydrogens (tertiary/aromatic N) is 2. The van der Waals surface area contributed by atoms with Crippen molar-refractivity contribution in [2.45, 2.75) is 60.6 Å². The van der Waals surface area contributed by atoms with Crippen LogP contribution in [-0.4, -0.2) is 62.6 Å². The van der Waals surface area contributed by atoms with Crippen LogP contribution in [0.1, 0.15) is 36.8 Å². The lowest BCUT2D eigenvalue weighted by molar-refractivity contribution is 0.153. The summed E-state index contributed by atoms with van der Waals surface area (Å²) in [7, 11) is -1.27. The van der Waals surface area contributed by atoms with Crippen molar-refractivity contribution in [3.63, 3.8) is 0 Å². The zero-order valence-electron chi connectivity index (χ0n) is 17.4. The van der Waals surface area contributed by atoms with E-state index in [1.165, 1.54) is 0 Å².